The van der Waals surface area contributed by atoms with Gasteiger partial charge in [0.25, 0.3) is 5.69 Å². The van der Waals surface area contributed by atoms with Crippen LogP contribution in [0.25, 0.3) is 6.08 Å². The van der Waals surface area contributed by atoms with Crippen LogP contribution >= 0.6 is 0 Å². The summed E-state index contributed by atoms with van der Waals surface area (Å²) in [4.78, 5) is 26.9. The Morgan fingerprint density at radius 2 is 1.73 bits per heavy atom. The minimum absolute atomic E-state index is 0.0372. The van der Waals surface area contributed by atoms with Gasteiger partial charge >= 0.3 is 5.97 Å². The van der Waals surface area contributed by atoms with Crippen molar-refractivity contribution in [3.63, 3.8) is 0 Å². The fraction of sp³-hybridized carbons (Fsp3) is 0.200. The molecule has 0 N–H and O–H groups in total. The number of nitrogens with zero attached hydrogens (tertiary/aromatic N) is 2. The molecule has 0 unspecified atom stereocenters. The lowest BCUT2D eigenvalue weighted by Gasteiger charge is -2.18. The number of carbonyl (C=O) groups excluding carboxylic acids is 1. The molecule has 0 radical (unpaired) electrons. The Morgan fingerprint density at radius 1 is 1.08 bits per heavy atom. The van der Waals surface area contributed by atoms with Crippen molar-refractivity contribution in [2.75, 3.05) is 0 Å². The average molecular weight is 350 g/mol. The van der Waals surface area contributed by atoms with E-state index in [-0.39, 0.29) is 28.3 Å². The molecular formula is C20H18N2O4. The Kier molecular flexibility index (Phi) is 4.42. The molecule has 3 rings (SSSR count). The minimum atomic E-state index is -0.627. The molecule has 0 saturated carbocycles. The lowest BCUT2D eigenvalue weighted by atomic mass is 9.87. The minimum Gasteiger partial charge on any atom is -0.402 e. The van der Waals surface area contributed by atoms with Crippen LogP contribution in [-0.4, -0.2) is 16.8 Å². The number of benzene rings is 2. The van der Waals surface area contributed by atoms with Crippen molar-refractivity contribution in [1.82, 2.24) is 0 Å². The molecule has 2 aromatic carbocycles. The average Bonchev–Trinajstić information content (AvgIpc) is 2.95. The second-order valence-electron chi connectivity index (χ2n) is 6.98. The van der Waals surface area contributed by atoms with Crippen molar-refractivity contribution in [3.05, 3.63) is 81.0 Å². The SMILES string of the molecule is CC(C)(C)c1ccc(/C=C2/N=C(c3ccccc3[N+](=O)[O-])OC2=O)cc1. The molecule has 1 aliphatic rings. The van der Waals surface area contributed by atoms with Gasteiger partial charge in [0.05, 0.1) is 4.92 Å². The molecule has 0 saturated heterocycles. The first-order chi connectivity index (χ1) is 12.3. The topological polar surface area (TPSA) is 81.8 Å². The van der Waals surface area contributed by atoms with E-state index < -0.39 is 10.9 Å². The molecule has 1 aliphatic heterocycles. The number of cyclic esters (lactones) is 1. The normalized spacial score (nSPS) is 15.7. The van der Waals surface area contributed by atoms with Gasteiger partial charge in [0.1, 0.15) is 5.56 Å². The number of hydrogen-bond acceptors (Lipinski definition) is 5. The Labute approximate surface area is 151 Å². The fourth-order valence-electron chi connectivity index (χ4n) is 2.58. The Balaban J connectivity index is 1.94. The zero-order valence-corrected chi connectivity index (χ0v) is 14.7. The molecule has 6 heteroatoms. The third kappa shape index (κ3) is 3.54. The molecule has 0 amide bonds. The molecule has 0 atom stereocenters. The summed E-state index contributed by atoms with van der Waals surface area (Å²) < 4.78 is 5.14. The van der Waals surface area contributed by atoms with Gasteiger partial charge in [0.2, 0.25) is 5.90 Å². The van der Waals surface area contributed by atoms with E-state index in [0.29, 0.717) is 0 Å². The Bertz CT molecular complexity index is 935. The zero-order chi connectivity index (χ0) is 18.9. The predicted molar refractivity (Wildman–Crippen MR) is 98.8 cm³/mol. The van der Waals surface area contributed by atoms with Crippen LogP contribution in [0, 0.1) is 10.1 Å². The smallest absolute Gasteiger partial charge is 0.363 e. The maximum absolute atomic E-state index is 12.1. The van der Waals surface area contributed by atoms with Gasteiger partial charge in [0, 0.05) is 6.07 Å². The van der Waals surface area contributed by atoms with E-state index >= 15 is 0 Å². The Morgan fingerprint density at radius 3 is 2.35 bits per heavy atom. The first-order valence-corrected chi connectivity index (χ1v) is 8.12. The number of esters is 1. The second-order valence-corrected chi connectivity index (χ2v) is 6.98. The molecule has 0 spiro atoms. The molecular weight excluding hydrogens is 332 g/mol. The first-order valence-electron chi connectivity index (χ1n) is 8.12. The first kappa shape index (κ1) is 17.5. The van der Waals surface area contributed by atoms with Gasteiger partial charge in [-0.3, -0.25) is 10.1 Å². The number of aliphatic imine (C=N–C) groups is 1. The van der Waals surface area contributed by atoms with E-state index in [9.17, 15) is 14.9 Å². The molecule has 6 nitrogen and oxygen atoms in total. The summed E-state index contributed by atoms with van der Waals surface area (Å²) in [7, 11) is 0. The summed E-state index contributed by atoms with van der Waals surface area (Å²) in [6, 6.07) is 13.8. The van der Waals surface area contributed by atoms with E-state index in [1.165, 1.54) is 17.7 Å². The standard InChI is InChI=1S/C20H18N2O4/c1-20(2,3)14-10-8-13(9-11-14)12-16-19(23)26-18(21-16)15-6-4-5-7-17(15)22(24)25/h4-12H,1-3H3/b16-12+. The lowest BCUT2D eigenvalue weighted by molar-refractivity contribution is -0.385. The third-order valence-electron chi connectivity index (χ3n) is 4.03. The number of rotatable bonds is 3. The highest BCUT2D eigenvalue weighted by atomic mass is 16.6. The van der Waals surface area contributed by atoms with Crippen LogP contribution in [0.4, 0.5) is 5.69 Å². The van der Waals surface area contributed by atoms with Gasteiger partial charge in [-0.05, 0) is 28.7 Å². The van der Waals surface area contributed by atoms with Crippen LogP contribution in [0.1, 0.15) is 37.5 Å². The van der Waals surface area contributed by atoms with Crippen molar-refractivity contribution < 1.29 is 14.5 Å². The van der Waals surface area contributed by atoms with Gasteiger partial charge in [-0.1, -0.05) is 57.2 Å². The van der Waals surface area contributed by atoms with Gasteiger partial charge in [-0.25, -0.2) is 9.79 Å². The lowest BCUT2D eigenvalue weighted by Crippen LogP contribution is -2.10. The van der Waals surface area contributed by atoms with Crippen molar-refractivity contribution in [3.8, 4) is 0 Å². The predicted octanol–water partition coefficient (Wildman–Crippen LogP) is 4.24. The highest BCUT2D eigenvalue weighted by Crippen LogP contribution is 2.26. The third-order valence-corrected chi connectivity index (χ3v) is 4.03. The van der Waals surface area contributed by atoms with Crippen LogP contribution in [0.3, 0.4) is 0 Å². The van der Waals surface area contributed by atoms with E-state index in [0.717, 1.165) is 5.56 Å². The summed E-state index contributed by atoms with van der Waals surface area (Å²) in [5, 5.41) is 11.1. The van der Waals surface area contributed by atoms with Crippen LogP contribution in [0.5, 0.6) is 0 Å². The molecule has 0 bridgehead atoms. The van der Waals surface area contributed by atoms with Crippen LogP contribution in [0.15, 0.2) is 59.2 Å². The molecule has 132 valence electrons. The monoisotopic (exact) mass is 350 g/mol. The second kappa shape index (κ2) is 6.55. The quantitative estimate of drug-likeness (QED) is 0.359. The summed E-state index contributed by atoms with van der Waals surface area (Å²) in [5.41, 5.74) is 2.15. The van der Waals surface area contributed by atoms with E-state index in [2.05, 4.69) is 25.8 Å². The van der Waals surface area contributed by atoms with E-state index in [1.807, 2.05) is 24.3 Å². The molecule has 0 aliphatic carbocycles. The molecule has 26 heavy (non-hydrogen) atoms. The molecule has 2 aromatic rings. The van der Waals surface area contributed by atoms with Gasteiger partial charge in [-0.2, -0.15) is 0 Å². The van der Waals surface area contributed by atoms with Crippen molar-refractivity contribution in [2.24, 2.45) is 4.99 Å². The van der Waals surface area contributed by atoms with Gasteiger partial charge in [0.15, 0.2) is 5.70 Å². The van der Waals surface area contributed by atoms with Crippen molar-refractivity contribution in [2.45, 2.75) is 26.2 Å². The maximum atomic E-state index is 12.1. The number of carbonyl (C=O) groups is 1. The number of para-hydroxylation sites is 1. The van der Waals surface area contributed by atoms with Crippen molar-refractivity contribution >= 4 is 23.6 Å². The molecule has 1 heterocycles. The zero-order valence-electron chi connectivity index (χ0n) is 14.7. The highest BCUT2D eigenvalue weighted by Gasteiger charge is 2.28. The number of hydrogen-bond donors (Lipinski definition) is 0. The van der Waals surface area contributed by atoms with E-state index in [1.54, 1.807) is 18.2 Å². The van der Waals surface area contributed by atoms with Crippen molar-refractivity contribution in [1.29, 1.82) is 0 Å². The summed E-state index contributed by atoms with van der Waals surface area (Å²) in [6.45, 7) is 6.37. The fourth-order valence-corrected chi connectivity index (χ4v) is 2.58. The molecule has 0 fully saturated rings. The number of ether oxygens (including phenoxy) is 1. The summed E-state index contributed by atoms with van der Waals surface area (Å²) >= 11 is 0. The summed E-state index contributed by atoms with van der Waals surface area (Å²) in [5.74, 6) is -0.682. The van der Waals surface area contributed by atoms with Gasteiger partial charge in [-0.15, -0.1) is 0 Å². The number of nitro groups is 1. The largest absolute Gasteiger partial charge is 0.402 e. The van der Waals surface area contributed by atoms with Crippen LogP contribution in [0.2, 0.25) is 0 Å². The Hall–Kier alpha value is -3.28. The summed E-state index contributed by atoms with van der Waals surface area (Å²) in [6.07, 6.45) is 1.61. The van der Waals surface area contributed by atoms with E-state index in [4.69, 9.17) is 4.74 Å². The van der Waals surface area contributed by atoms with Gasteiger partial charge < -0.3 is 4.74 Å². The number of nitro benzene ring substituents is 1. The van der Waals surface area contributed by atoms with Crippen LogP contribution < -0.4 is 0 Å². The highest BCUT2D eigenvalue weighted by molar-refractivity contribution is 6.14. The van der Waals surface area contributed by atoms with Crippen LogP contribution in [-0.2, 0) is 14.9 Å². The molecule has 0 aromatic heterocycles. The maximum Gasteiger partial charge on any atom is 0.363 e.